The molecule has 2 N–H and O–H groups in total. The number of carbonyl (C=O) groups excluding carboxylic acids is 2. The van der Waals surface area contributed by atoms with Crippen molar-refractivity contribution < 1.29 is 37.8 Å². The van der Waals surface area contributed by atoms with Gasteiger partial charge >= 0.3 is 11.9 Å². The molecule has 2 aliphatic heterocycles. The maximum absolute atomic E-state index is 13.6. The Morgan fingerprint density at radius 1 is 1.19 bits per heavy atom. The van der Waals surface area contributed by atoms with Crippen molar-refractivity contribution in [1.29, 1.82) is 0 Å². The van der Waals surface area contributed by atoms with E-state index in [0.717, 1.165) is 36.9 Å². The van der Waals surface area contributed by atoms with Gasteiger partial charge in [0.05, 0.1) is 35.0 Å². The summed E-state index contributed by atoms with van der Waals surface area (Å²) >= 11 is 1.09. The molecule has 13 heteroatoms. The molecule has 2 aromatic heterocycles. The number of hydrogen-bond acceptors (Lipinski definition) is 9. The molecule has 4 atom stereocenters. The van der Waals surface area contributed by atoms with Crippen molar-refractivity contribution in [1.82, 2.24) is 14.3 Å². The summed E-state index contributed by atoms with van der Waals surface area (Å²) in [6.45, 7) is 3.41. The minimum Gasteiger partial charge on any atom is -0.477 e. The highest BCUT2D eigenvalue weighted by molar-refractivity contribution is 7.91. The number of amides is 1. The number of aliphatic hydroxyl groups excluding tert-OH is 1. The standard InChI is InChI=1S/C29H35N3O8S2/c1-14(33)19-22-28(2,4-5-40-27(37)29-9-15-6-16(10-29)8-17(7-15)11-29)20(21(26(35)36)32(22)24(19)34)18-12-31-13-30-23(25(31)41-18)42(3,38)39/h12-17,19,22,33H,4-11H2,1-3H3,(H,35,36)/t14-,15?,16?,17?,19-,22-,28?,29?/m1/s1. The molecule has 6 aliphatic rings. The summed E-state index contributed by atoms with van der Waals surface area (Å²) < 4.78 is 32.2. The number of imidazole rings is 1. The number of carboxylic acids is 1. The van der Waals surface area contributed by atoms with Crippen LogP contribution in [-0.2, 0) is 29.0 Å². The zero-order valence-electron chi connectivity index (χ0n) is 23.8. The van der Waals surface area contributed by atoms with Gasteiger partial charge in [-0.1, -0.05) is 6.92 Å². The summed E-state index contributed by atoms with van der Waals surface area (Å²) in [5.41, 5.74) is -1.24. The average Bonchev–Trinajstić information content (AvgIpc) is 3.51. The van der Waals surface area contributed by atoms with E-state index in [-0.39, 0.29) is 29.7 Å². The van der Waals surface area contributed by atoms with E-state index in [9.17, 15) is 33.0 Å². The third-order valence-corrected chi connectivity index (χ3v) is 12.9. The van der Waals surface area contributed by atoms with Gasteiger partial charge in [-0.15, -0.1) is 11.3 Å². The number of β-lactam (4-membered cyclic amide) rings is 1. The van der Waals surface area contributed by atoms with Crippen LogP contribution in [0.25, 0.3) is 10.4 Å². The first kappa shape index (κ1) is 28.0. The van der Waals surface area contributed by atoms with E-state index in [1.165, 1.54) is 37.4 Å². The van der Waals surface area contributed by atoms with Gasteiger partial charge in [-0.2, -0.15) is 0 Å². The van der Waals surface area contributed by atoms with Crippen LogP contribution in [0, 0.1) is 34.5 Å². The quantitative estimate of drug-likeness (QED) is 0.336. The van der Waals surface area contributed by atoms with Crippen molar-refractivity contribution in [2.45, 2.75) is 76.0 Å². The molecule has 11 nitrogen and oxygen atoms in total. The van der Waals surface area contributed by atoms with Crippen molar-refractivity contribution in [3.8, 4) is 0 Å². The highest BCUT2D eigenvalue weighted by Crippen LogP contribution is 2.62. The van der Waals surface area contributed by atoms with Crippen molar-refractivity contribution >= 4 is 49.4 Å². The largest absolute Gasteiger partial charge is 0.477 e. The van der Waals surface area contributed by atoms with E-state index in [2.05, 4.69) is 4.98 Å². The maximum Gasteiger partial charge on any atom is 0.352 e. The lowest BCUT2D eigenvalue weighted by Gasteiger charge is -2.55. The minimum atomic E-state index is -3.64. The molecule has 0 radical (unpaired) electrons. The van der Waals surface area contributed by atoms with E-state index < -0.39 is 50.6 Å². The number of esters is 1. The number of carbonyl (C=O) groups is 3. The zero-order valence-corrected chi connectivity index (χ0v) is 25.4. The third kappa shape index (κ3) is 3.88. The molecule has 8 rings (SSSR count). The van der Waals surface area contributed by atoms with Crippen LogP contribution in [0.3, 0.4) is 0 Å². The molecule has 0 aromatic carbocycles. The number of nitrogens with zero attached hydrogens (tertiary/aromatic N) is 3. The van der Waals surface area contributed by atoms with Crippen LogP contribution in [-0.4, -0.2) is 75.8 Å². The van der Waals surface area contributed by atoms with Gasteiger partial charge in [0.25, 0.3) is 0 Å². The molecule has 4 heterocycles. The molecule has 1 saturated heterocycles. The number of carboxylic acid groups (broad SMARTS) is 1. The molecule has 5 fully saturated rings. The smallest absolute Gasteiger partial charge is 0.352 e. The fourth-order valence-corrected chi connectivity index (χ4v) is 11.7. The highest BCUT2D eigenvalue weighted by atomic mass is 32.2. The zero-order chi connectivity index (χ0) is 29.9. The Morgan fingerprint density at radius 3 is 2.36 bits per heavy atom. The number of hydrogen-bond donors (Lipinski definition) is 2. The predicted molar refractivity (Wildman–Crippen MR) is 151 cm³/mol. The second-order valence-electron chi connectivity index (χ2n) is 13.6. The van der Waals surface area contributed by atoms with E-state index in [1.807, 2.05) is 6.92 Å². The van der Waals surface area contributed by atoms with Crippen molar-refractivity contribution in [3.63, 3.8) is 0 Å². The predicted octanol–water partition coefficient (Wildman–Crippen LogP) is 2.97. The number of aliphatic hydroxyl groups is 1. The summed E-state index contributed by atoms with van der Waals surface area (Å²) in [6.07, 6.45) is 9.51. The van der Waals surface area contributed by atoms with E-state index in [0.29, 0.717) is 33.0 Å². The van der Waals surface area contributed by atoms with Crippen LogP contribution < -0.4 is 0 Å². The number of fused-ring (bicyclic) bond motifs is 2. The van der Waals surface area contributed by atoms with Gasteiger partial charge in [-0.3, -0.25) is 14.0 Å². The lowest BCUT2D eigenvalue weighted by atomic mass is 9.49. The summed E-state index contributed by atoms with van der Waals surface area (Å²) in [7, 11) is -3.64. The van der Waals surface area contributed by atoms with E-state index in [4.69, 9.17) is 4.74 Å². The molecule has 226 valence electrons. The molecule has 2 aromatic rings. The SMILES string of the molecule is C[C@@H](O)[C@H]1C(=O)N2C(C(=O)O)=C(c3cn4cnc(S(C)(=O)=O)c4s3)C(C)(CCOC(=O)C34CC5CC(CC(C5)C3)C4)[C@@H]12. The highest BCUT2D eigenvalue weighted by Gasteiger charge is 2.66. The first-order chi connectivity index (χ1) is 19.7. The summed E-state index contributed by atoms with van der Waals surface area (Å²) in [5.74, 6) is -1.00. The van der Waals surface area contributed by atoms with Crippen LogP contribution in [0.1, 0.15) is 63.7 Å². The lowest BCUT2D eigenvalue weighted by molar-refractivity contribution is -0.174. The number of sulfone groups is 1. The maximum atomic E-state index is 13.6. The Bertz CT molecular complexity index is 1630. The third-order valence-electron chi connectivity index (χ3n) is 10.7. The van der Waals surface area contributed by atoms with Gasteiger partial charge < -0.3 is 19.8 Å². The molecule has 1 amide bonds. The van der Waals surface area contributed by atoms with Gasteiger partial charge in [0, 0.05) is 23.4 Å². The van der Waals surface area contributed by atoms with Gasteiger partial charge in [-0.25, -0.2) is 18.2 Å². The Kier molecular flexibility index (Phi) is 6.09. The van der Waals surface area contributed by atoms with E-state index in [1.54, 1.807) is 10.6 Å². The lowest BCUT2D eigenvalue weighted by Crippen LogP contribution is -2.66. The van der Waals surface area contributed by atoms with Crippen LogP contribution in [0.4, 0.5) is 0 Å². The van der Waals surface area contributed by atoms with Gasteiger partial charge in [0.2, 0.25) is 5.91 Å². The first-order valence-electron chi connectivity index (χ1n) is 14.6. The van der Waals surface area contributed by atoms with Crippen LogP contribution in [0.2, 0.25) is 0 Å². The first-order valence-corrected chi connectivity index (χ1v) is 17.3. The number of rotatable bonds is 8. The normalized spacial score (nSPS) is 36.0. The molecule has 4 saturated carbocycles. The molecular weight excluding hydrogens is 582 g/mol. The van der Waals surface area contributed by atoms with E-state index >= 15 is 0 Å². The van der Waals surface area contributed by atoms with Gasteiger partial charge in [0.1, 0.15) is 16.9 Å². The second kappa shape index (κ2) is 9.12. The molecule has 4 aliphatic carbocycles. The summed E-state index contributed by atoms with van der Waals surface area (Å²) in [6, 6.07) is -0.654. The van der Waals surface area contributed by atoms with Crippen molar-refractivity contribution in [2.24, 2.45) is 34.5 Å². The summed E-state index contributed by atoms with van der Waals surface area (Å²) in [5, 5.41) is 20.8. The number of aliphatic carboxylic acids is 1. The fourth-order valence-electron chi connectivity index (χ4n) is 9.35. The molecule has 0 spiro atoms. The van der Waals surface area contributed by atoms with Crippen LogP contribution >= 0.6 is 11.3 Å². The van der Waals surface area contributed by atoms with Gasteiger partial charge in [0.15, 0.2) is 14.9 Å². The van der Waals surface area contributed by atoms with Crippen molar-refractivity contribution in [2.75, 3.05) is 12.9 Å². The minimum absolute atomic E-state index is 0.0406. The molecule has 4 bridgehead atoms. The molecular formula is C29H35N3O8S2. The van der Waals surface area contributed by atoms with Crippen LogP contribution in [0.5, 0.6) is 0 Å². The molecule has 42 heavy (non-hydrogen) atoms. The van der Waals surface area contributed by atoms with Crippen molar-refractivity contribution in [3.05, 3.63) is 23.1 Å². The molecule has 1 unspecified atom stereocenters. The fraction of sp³-hybridized carbons (Fsp3) is 0.655. The Morgan fingerprint density at radius 2 is 1.81 bits per heavy atom. The average molecular weight is 618 g/mol. The summed E-state index contributed by atoms with van der Waals surface area (Å²) in [4.78, 5) is 45.6. The number of ether oxygens (including phenoxy) is 1. The Labute approximate surface area is 247 Å². The second-order valence-corrected chi connectivity index (χ2v) is 16.5. The van der Waals surface area contributed by atoms with Crippen LogP contribution in [0.15, 0.2) is 23.2 Å². The number of aromatic nitrogens is 2. The van der Waals surface area contributed by atoms with Gasteiger partial charge in [-0.05, 0) is 69.6 Å². The number of thiazole rings is 1. The topological polar surface area (TPSA) is 156 Å². The Balaban J connectivity index is 1.24. The Hall–Kier alpha value is -2.77. The monoisotopic (exact) mass is 617 g/mol.